The van der Waals surface area contributed by atoms with Crippen LogP contribution in [0.4, 0.5) is 0 Å². The lowest BCUT2D eigenvalue weighted by Crippen LogP contribution is -2.44. The molecule has 3 heteroatoms. The van der Waals surface area contributed by atoms with Crippen LogP contribution in [0.1, 0.15) is 90.2 Å². The molecule has 0 saturated heterocycles. The second-order valence-electron chi connectivity index (χ2n) is 8.36. The molecule has 0 aliphatic heterocycles. The summed E-state index contributed by atoms with van der Waals surface area (Å²) in [6.45, 7) is 11.4. The molecule has 2 fully saturated rings. The number of benzene rings is 1. The van der Waals surface area contributed by atoms with Crippen LogP contribution in [0.15, 0.2) is 18.2 Å². The number of ether oxygens (including phenoxy) is 1. The molecule has 28 heavy (non-hydrogen) atoms. The summed E-state index contributed by atoms with van der Waals surface area (Å²) in [4.78, 5) is 0. The molecule has 5 unspecified atom stereocenters. The molecule has 0 radical (unpaired) electrons. The summed E-state index contributed by atoms with van der Waals surface area (Å²) in [7, 11) is 0. The van der Waals surface area contributed by atoms with E-state index in [0.29, 0.717) is 29.8 Å². The van der Waals surface area contributed by atoms with Crippen molar-refractivity contribution in [2.75, 3.05) is 13.2 Å². The first-order valence-corrected chi connectivity index (χ1v) is 11.7. The molecule has 5 atom stereocenters. The van der Waals surface area contributed by atoms with E-state index in [1.54, 1.807) is 0 Å². The van der Waals surface area contributed by atoms with Crippen molar-refractivity contribution in [3.05, 3.63) is 29.3 Å². The topological polar surface area (TPSA) is 49.7 Å². The molecule has 0 aromatic heterocycles. The monoisotopic (exact) mass is 390 g/mol. The number of hydrogen-bond donors (Lipinski definition) is 2. The number of phenolic OH excluding ortho intramolecular Hbond substituents is 1. The molecule has 1 aromatic rings. The van der Waals surface area contributed by atoms with Crippen molar-refractivity contribution in [2.45, 2.75) is 91.6 Å². The van der Waals surface area contributed by atoms with E-state index >= 15 is 0 Å². The first kappa shape index (κ1) is 23.2. The lowest BCUT2D eigenvalue weighted by atomic mass is 9.55. The number of fused-ring (bicyclic) bond motifs is 5. The number of hydrogen-bond acceptors (Lipinski definition) is 3. The fraction of sp³-hybridized carbons (Fsp3) is 0.760. The van der Waals surface area contributed by atoms with E-state index in [1.165, 1.54) is 43.2 Å². The highest BCUT2D eigenvalue weighted by Crippen LogP contribution is 2.61. The molecule has 1 aromatic carbocycles. The summed E-state index contributed by atoms with van der Waals surface area (Å²) in [5.41, 5.74) is 3.18. The Labute approximate surface area is 172 Å². The molecular formula is C25H42O3. The van der Waals surface area contributed by atoms with Gasteiger partial charge in [0.2, 0.25) is 0 Å². The number of aromatic hydroxyl groups is 1. The number of aryl methyl sites for hydroxylation is 1. The third-order valence-electron chi connectivity index (χ3n) is 7.24. The lowest BCUT2D eigenvalue weighted by Gasteiger charge is -2.50. The predicted octanol–water partition coefficient (Wildman–Crippen LogP) is 6.07. The first-order valence-electron chi connectivity index (χ1n) is 11.7. The van der Waals surface area contributed by atoms with Gasteiger partial charge < -0.3 is 14.9 Å². The van der Waals surface area contributed by atoms with Gasteiger partial charge in [0.15, 0.2) is 0 Å². The summed E-state index contributed by atoms with van der Waals surface area (Å²) in [6, 6.07) is 6.02. The Morgan fingerprint density at radius 3 is 2.54 bits per heavy atom. The van der Waals surface area contributed by atoms with E-state index in [-0.39, 0.29) is 6.61 Å². The predicted molar refractivity (Wildman–Crippen MR) is 117 cm³/mol. The van der Waals surface area contributed by atoms with Gasteiger partial charge in [-0.05, 0) is 91.4 Å². The van der Waals surface area contributed by atoms with Gasteiger partial charge >= 0.3 is 0 Å². The Balaban J connectivity index is 0.000000660. The molecular weight excluding hydrogens is 348 g/mol. The molecule has 0 bridgehead atoms. The SMILES string of the molecule is CC.CC.CC12CCC3c4ccc(O)cc4CCC3C1CCC2OCCCO. The summed E-state index contributed by atoms with van der Waals surface area (Å²) in [5, 5.41) is 18.8. The van der Waals surface area contributed by atoms with Crippen molar-refractivity contribution < 1.29 is 14.9 Å². The molecule has 2 N–H and O–H groups in total. The fourth-order valence-corrected chi connectivity index (χ4v) is 6.08. The van der Waals surface area contributed by atoms with E-state index in [2.05, 4.69) is 13.0 Å². The number of aliphatic hydroxyl groups excluding tert-OH is 1. The Kier molecular flexibility index (Phi) is 8.82. The van der Waals surface area contributed by atoms with Crippen LogP contribution in [0.25, 0.3) is 0 Å². The minimum absolute atomic E-state index is 0.223. The smallest absolute Gasteiger partial charge is 0.115 e. The highest BCUT2D eigenvalue weighted by atomic mass is 16.5. The van der Waals surface area contributed by atoms with E-state index < -0.39 is 0 Å². The molecule has 0 heterocycles. The quantitative estimate of drug-likeness (QED) is 0.614. The number of phenols is 1. The summed E-state index contributed by atoms with van der Waals surface area (Å²) < 4.78 is 6.19. The van der Waals surface area contributed by atoms with Crippen LogP contribution < -0.4 is 0 Å². The highest BCUT2D eigenvalue weighted by Gasteiger charge is 2.55. The highest BCUT2D eigenvalue weighted by molar-refractivity contribution is 5.40. The van der Waals surface area contributed by atoms with Crippen LogP contribution in [0.5, 0.6) is 5.75 Å². The average Bonchev–Trinajstić information content (AvgIpc) is 3.07. The number of rotatable bonds is 4. The molecule has 3 aliphatic carbocycles. The molecule has 160 valence electrons. The van der Waals surface area contributed by atoms with Gasteiger partial charge in [0, 0.05) is 13.2 Å². The summed E-state index contributed by atoms with van der Waals surface area (Å²) >= 11 is 0. The first-order chi connectivity index (χ1) is 13.6. The van der Waals surface area contributed by atoms with Gasteiger partial charge in [-0.2, -0.15) is 0 Å². The Hall–Kier alpha value is -1.06. The Morgan fingerprint density at radius 2 is 1.82 bits per heavy atom. The third kappa shape index (κ3) is 4.41. The zero-order valence-corrected chi connectivity index (χ0v) is 18.7. The third-order valence-corrected chi connectivity index (χ3v) is 7.24. The second-order valence-corrected chi connectivity index (χ2v) is 8.36. The van der Waals surface area contributed by atoms with Crippen molar-refractivity contribution >= 4 is 0 Å². The maximum absolute atomic E-state index is 9.78. The minimum Gasteiger partial charge on any atom is -0.508 e. The molecule has 0 amide bonds. The van der Waals surface area contributed by atoms with Crippen molar-refractivity contribution in [1.29, 1.82) is 0 Å². The van der Waals surface area contributed by atoms with E-state index in [1.807, 2.05) is 39.8 Å². The van der Waals surface area contributed by atoms with Crippen molar-refractivity contribution in [3.63, 3.8) is 0 Å². The zero-order chi connectivity index (χ0) is 20.7. The van der Waals surface area contributed by atoms with E-state index in [4.69, 9.17) is 9.84 Å². The minimum atomic E-state index is 0.223. The summed E-state index contributed by atoms with van der Waals surface area (Å²) in [6.07, 6.45) is 8.43. The van der Waals surface area contributed by atoms with Crippen LogP contribution in [0, 0.1) is 17.3 Å². The maximum Gasteiger partial charge on any atom is 0.115 e. The van der Waals surface area contributed by atoms with E-state index in [9.17, 15) is 5.11 Å². The summed E-state index contributed by atoms with van der Waals surface area (Å²) in [5.74, 6) is 2.61. The van der Waals surface area contributed by atoms with Crippen LogP contribution in [0.3, 0.4) is 0 Å². The van der Waals surface area contributed by atoms with E-state index in [0.717, 1.165) is 24.7 Å². The van der Waals surface area contributed by atoms with Crippen LogP contribution in [-0.2, 0) is 11.2 Å². The number of aliphatic hydroxyl groups is 1. The van der Waals surface area contributed by atoms with Gasteiger partial charge in [-0.3, -0.25) is 0 Å². The lowest BCUT2D eigenvalue weighted by molar-refractivity contribution is -0.0661. The van der Waals surface area contributed by atoms with Crippen molar-refractivity contribution in [1.82, 2.24) is 0 Å². The van der Waals surface area contributed by atoms with Gasteiger partial charge in [-0.1, -0.05) is 40.7 Å². The molecule has 0 spiro atoms. The average molecular weight is 391 g/mol. The molecule has 4 rings (SSSR count). The van der Waals surface area contributed by atoms with Gasteiger partial charge in [0.05, 0.1) is 6.10 Å². The standard InChI is InChI=1S/C21H30O3.2C2H6/c1-21-10-9-17-16-6-4-15(23)13-14(16)3-5-18(17)19(21)7-8-20(21)24-12-2-11-22;2*1-2/h4,6,13,17-20,22-23H,2-3,5,7-12H2,1H3;2*1-2H3. The Bertz CT molecular complexity index is 599. The van der Waals surface area contributed by atoms with Crippen LogP contribution >= 0.6 is 0 Å². The van der Waals surface area contributed by atoms with Gasteiger partial charge in [-0.15, -0.1) is 0 Å². The van der Waals surface area contributed by atoms with Gasteiger partial charge in [0.25, 0.3) is 0 Å². The van der Waals surface area contributed by atoms with Crippen molar-refractivity contribution in [3.8, 4) is 5.75 Å². The normalized spacial score (nSPS) is 32.6. The Morgan fingerprint density at radius 1 is 1.07 bits per heavy atom. The largest absolute Gasteiger partial charge is 0.508 e. The molecule has 3 aliphatic rings. The van der Waals surface area contributed by atoms with Crippen LogP contribution in [0.2, 0.25) is 0 Å². The van der Waals surface area contributed by atoms with Gasteiger partial charge in [-0.25, -0.2) is 0 Å². The molecule has 2 saturated carbocycles. The molecule has 3 nitrogen and oxygen atoms in total. The van der Waals surface area contributed by atoms with Crippen LogP contribution in [-0.4, -0.2) is 29.5 Å². The fourth-order valence-electron chi connectivity index (χ4n) is 6.08. The van der Waals surface area contributed by atoms with Crippen molar-refractivity contribution in [2.24, 2.45) is 17.3 Å². The van der Waals surface area contributed by atoms with Gasteiger partial charge in [0.1, 0.15) is 5.75 Å². The maximum atomic E-state index is 9.78. The second kappa shape index (κ2) is 10.6. The zero-order valence-electron chi connectivity index (χ0n) is 18.7.